The molecular formula is C17H19NO. The summed E-state index contributed by atoms with van der Waals surface area (Å²) in [6.07, 6.45) is 7.00. The number of aromatic nitrogens is 1. The van der Waals surface area contributed by atoms with Crippen LogP contribution >= 0.6 is 0 Å². The molecule has 0 spiro atoms. The molecule has 0 saturated carbocycles. The molecule has 0 unspecified atom stereocenters. The van der Waals surface area contributed by atoms with E-state index in [0.717, 1.165) is 30.4 Å². The fraction of sp³-hybridized carbons (Fsp3) is 0.294. The van der Waals surface area contributed by atoms with Crippen molar-refractivity contribution in [1.29, 1.82) is 0 Å². The van der Waals surface area contributed by atoms with Crippen LogP contribution in [0.2, 0.25) is 0 Å². The average molecular weight is 253 g/mol. The number of hydrogen-bond acceptors (Lipinski definition) is 2. The minimum atomic E-state index is 0.217. The Morgan fingerprint density at radius 3 is 2.58 bits per heavy atom. The van der Waals surface area contributed by atoms with Gasteiger partial charge in [-0.05, 0) is 42.2 Å². The van der Waals surface area contributed by atoms with E-state index in [4.69, 9.17) is 0 Å². The molecule has 0 saturated heterocycles. The van der Waals surface area contributed by atoms with Crippen molar-refractivity contribution in [3.63, 3.8) is 0 Å². The van der Waals surface area contributed by atoms with Crippen LogP contribution in [0.5, 0.6) is 0 Å². The molecule has 0 amide bonds. The first-order valence-corrected chi connectivity index (χ1v) is 6.80. The summed E-state index contributed by atoms with van der Waals surface area (Å²) in [5.74, 6) is 0.217. The molecule has 1 aromatic heterocycles. The zero-order chi connectivity index (χ0) is 13.5. The second-order valence-electron chi connectivity index (χ2n) is 4.73. The third-order valence-corrected chi connectivity index (χ3v) is 3.18. The fourth-order valence-electron chi connectivity index (χ4n) is 2.14. The van der Waals surface area contributed by atoms with Crippen LogP contribution < -0.4 is 0 Å². The molecule has 0 fully saturated rings. The minimum Gasteiger partial charge on any atom is -0.294 e. The lowest BCUT2D eigenvalue weighted by atomic mass is 10.0. The summed E-state index contributed by atoms with van der Waals surface area (Å²) in [5.41, 5.74) is 3.24. The van der Waals surface area contributed by atoms with Crippen molar-refractivity contribution in [3.8, 4) is 0 Å². The Bertz CT molecular complexity index is 534. The van der Waals surface area contributed by atoms with Crippen molar-refractivity contribution in [2.24, 2.45) is 0 Å². The van der Waals surface area contributed by atoms with Gasteiger partial charge in [0.1, 0.15) is 0 Å². The number of Topliss-reactive ketones (excluding diaryl/α,β-unsaturated/α-hetero) is 1. The van der Waals surface area contributed by atoms with Crippen molar-refractivity contribution < 1.29 is 4.79 Å². The molecule has 0 aliphatic heterocycles. The largest absolute Gasteiger partial charge is 0.294 e. The van der Waals surface area contributed by atoms with Crippen molar-refractivity contribution >= 4 is 5.78 Å². The first kappa shape index (κ1) is 13.5. The van der Waals surface area contributed by atoms with Crippen LogP contribution in [0, 0.1) is 0 Å². The summed E-state index contributed by atoms with van der Waals surface area (Å²) in [4.78, 5) is 16.1. The third-order valence-electron chi connectivity index (χ3n) is 3.18. The molecule has 98 valence electrons. The number of nitrogens with zero attached hydrogens (tertiary/aromatic N) is 1. The highest BCUT2D eigenvalue weighted by Gasteiger charge is 2.06. The Kier molecular flexibility index (Phi) is 4.85. The number of carbonyl (C=O) groups is 1. The van der Waals surface area contributed by atoms with Gasteiger partial charge in [-0.1, -0.05) is 31.5 Å². The number of aryl methyl sites for hydroxylation is 2. The van der Waals surface area contributed by atoms with Crippen LogP contribution in [0.3, 0.4) is 0 Å². The molecule has 0 N–H and O–H groups in total. The molecule has 2 aromatic rings. The minimum absolute atomic E-state index is 0.217. The third kappa shape index (κ3) is 4.02. The Morgan fingerprint density at radius 1 is 1.05 bits per heavy atom. The van der Waals surface area contributed by atoms with E-state index < -0.39 is 0 Å². The highest BCUT2D eigenvalue weighted by molar-refractivity contribution is 5.96. The first-order chi connectivity index (χ1) is 9.29. The number of ketones is 1. The lowest BCUT2D eigenvalue weighted by Crippen LogP contribution is -2.02. The molecule has 2 nitrogen and oxygen atoms in total. The predicted octanol–water partition coefficient (Wildman–Crippen LogP) is 3.85. The molecule has 0 radical (unpaired) electrons. The smallest absolute Gasteiger partial charge is 0.163 e. The predicted molar refractivity (Wildman–Crippen MR) is 77.3 cm³/mol. The Balaban J connectivity index is 1.98. The number of rotatable bonds is 6. The normalized spacial score (nSPS) is 10.4. The highest BCUT2D eigenvalue weighted by Crippen LogP contribution is 2.11. The van der Waals surface area contributed by atoms with Crippen LogP contribution in [0.15, 0.2) is 48.8 Å². The van der Waals surface area contributed by atoms with Crippen molar-refractivity contribution in [2.75, 3.05) is 0 Å². The molecule has 19 heavy (non-hydrogen) atoms. The van der Waals surface area contributed by atoms with Gasteiger partial charge in [-0.15, -0.1) is 0 Å². The van der Waals surface area contributed by atoms with Crippen molar-refractivity contribution in [2.45, 2.75) is 32.6 Å². The van der Waals surface area contributed by atoms with E-state index >= 15 is 0 Å². The number of benzene rings is 1. The summed E-state index contributed by atoms with van der Waals surface area (Å²) >= 11 is 0. The van der Waals surface area contributed by atoms with Crippen LogP contribution in [-0.4, -0.2) is 10.8 Å². The van der Waals surface area contributed by atoms with Crippen LogP contribution in [0.25, 0.3) is 0 Å². The maximum absolute atomic E-state index is 12.2. The molecule has 1 heterocycles. The lowest BCUT2D eigenvalue weighted by molar-refractivity contribution is 0.0982. The van der Waals surface area contributed by atoms with Gasteiger partial charge in [0.05, 0.1) is 0 Å². The second-order valence-corrected chi connectivity index (χ2v) is 4.73. The summed E-state index contributed by atoms with van der Waals surface area (Å²) in [7, 11) is 0. The summed E-state index contributed by atoms with van der Waals surface area (Å²) < 4.78 is 0. The topological polar surface area (TPSA) is 30.0 Å². The molecule has 0 aliphatic carbocycles. The van der Waals surface area contributed by atoms with Crippen molar-refractivity contribution in [3.05, 3.63) is 65.5 Å². The van der Waals surface area contributed by atoms with Gasteiger partial charge in [-0.25, -0.2) is 0 Å². The molecule has 0 bridgehead atoms. The molecule has 2 rings (SSSR count). The van der Waals surface area contributed by atoms with Crippen LogP contribution in [0.4, 0.5) is 0 Å². The van der Waals surface area contributed by atoms with Gasteiger partial charge in [-0.3, -0.25) is 9.78 Å². The zero-order valence-corrected chi connectivity index (χ0v) is 11.3. The number of hydrogen-bond donors (Lipinski definition) is 0. The van der Waals surface area contributed by atoms with Gasteiger partial charge < -0.3 is 0 Å². The van der Waals surface area contributed by atoms with Gasteiger partial charge >= 0.3 is 0 Å². The van der Waals surface area contributed by atoms with Crippen molar-refractivity contribution in [1.82, 2.24) is 4.98 Å². The van der Waals surface area contributed by atoms with E-state index in [9.17, 15) is 4.79 Å². The van der Waals surface area contributed by atoms with Crippen LogP contribution in [0.1, 0.15) is 41.3 Å². The van der Waals surface area contributed by atoms with E-state index in [1.54, 1.807) is 12.4 Å². The van der Waals surface area contributed by atoms with Gasteiger partial charge in [0.2, 0.25) is 0 Å². The Hall–Kier alpha value is -1.96. The molecule has 0 aliphatic rings. The molecule has 0 atom stereocenters. The maximum Gasteiger partial charge on any atom is 0.163 e. The molecule has 1 aromatic carbocycles. The molecular weight excluding hydrogens is 234 g/mol. The Labute approximate surface area is 114 Å². The van der Waals surface area contributed by atoms with Crippen LogP contribution in [-0.2, 0) is 12.8 Å². The zero-order valence-electron chi connectivity index (χ0n) is 11.3. The standard InChI is InChI=1S/C17H19NO/c1-2-4-15-5-3-6-16(13-15)17(19)8-7-14-9-11-18-12-10-14/h3,5-6,9-13H,2,4,7-8H2,1H3. The van der Waals surface area contributed by atoms with E-state index in [1.807, 2.05) is 30.3 Å². The quantitative estimate of drug-likeness (QED) is 0.732. The van der Waals surface area contributed by atoms with Gasteiger partial charge in [0, 0.05) is 24.4 Å². The summed E-state index contributed by atoms with van der Waals surface area (Å²) in [6, 6.07) is 11.9. The van der Waals surface area contributed by atoms with Gasteiger partial charge in [-0.2, -0.15) is 0 Å². The maximum atomic E-state index is 12.2. The second kappa shape index (κ2) is 6.83. The highest BCUT2D eigenvalue weighted by atomic mass is 16.1. The molecule has 2 heteroatoms. The van der Waals surface area contributed by atoms with E-state index in [2.05, 4.69) is 18.0 Å². The fourth-order valence-corrected chi connectivity index (χ4v) is 2.14. The Morgan fingerprint density at radius 2 is 1.84 bits per heavy atom. The van der Waals surface area contributed by atoms with E-state index in [0.29, 0.717) is 6.42 Å². The average Bonchev–Trinajstić information content (AvgIpc) is 2.46. The van der Waals surface area contributed by atoms with Gasteiger partial charge in [0.25, 0.3) is 0 Å². The van der Waals surface area contributed by atoms with E-state index in [-0.39, 0.29) is 5.78 Å². The SMILES string of the molecule is CCCc1cccc(C(=O)CCc2ccncc2)c1. The number of pyridine rings is 1. The lowest BCUT2D eigenvalue weighted by Gasteiger charge is -2.04. The monoisotopic (exact) mass is 253 g/mol. The van der Waals surface area contributed by atoms with E-state index in [1.165, 1.54) is 5.56 Å². The summed E-state index contributed by atoms with van der Waals surface area (Å²) in [6.45, 7) is 2.15. The first-order valence-electron chi connectivity index (χ1n) is 6.80. The number of carbonyl (C=O) groups excluding carboxylic acids is 1. The van der Waals surface area contributed by atoms with Gasteiger partial charge in [0.15, 0.2) is 5.78 Å². The summed E-state index contributed by atoms with van der Waals surface area (Å²) in [5, 5.41) is 0.